The first-order chi connectivity index (χ1) is 10.2. The van der Waals surface area contributed by atoms with Gasteiger partial charge in [0.15, 0.2) is 5.82 Å². The fraction of sp³-hybridized carbons (Fsp3) is 0.417. The van der Waals surface area contributed by atoms with Crippen LogP contribution in [0.3, 0.4) is 0 Å². The molecule has 9 nitrogen and oxygen atoms in total. The highest BCUT2D eigenvalue weighted by molar-refractivity contribution is 5.98. The number of methoxy groups -OCH3 is 1. The van der Waals surface area contributed by atoms with Crippen LogP contribution in [-0.2, 0) is 16.1 Å². The minimum Gasteiger partial charge on any atom is -0.464 e. The van der Waals surface area contributed by atoms with E-state index >= 15 is 0 Å². The maximum absolute atomic E-state index is 11.8. The molecule has 0 aliphatic carbocycles. The van der Waals surface area contributed by atoms with Gasteiger partial charge < -0.3 is 10.1 Å². The summed E-state index contributed by atoms with van der Waals surface area (Å²) in [6.07, 6.45) is 1.61. The predicted octanol–water partition coefficient (Wildman–Crippen LogP) is 0.282. The number of ether oxygens (including phenoxy) is 1. The van der Waals surface area contributed by atoms with Crippen LogP contribution in [0.4, 0.5) is 5.82 Å². The van der Waals surface area contributed by atoms with Gasteiger partial charge in [-0.05, 0) is 6.92 Å². The first-order valence-electron chi connectivity index (χ1n) is 6.49. The molecular weight excluding hydrogens is 276 g/mol. The number of amides is 1. The molecule has 21 heavy (non-hydrogen) atoms. The van der Waals surface area contributed by atoms with Crippen molar-refractivity contribution in [2.75, 3.05) is 12.4 Å². The van der Waals surface area contributed by atoms with Crippen molar-refractivity contribution in [2.24, 2.45) is 0 Å². The zero-order valence-electron chi connectivity index (χ0n) is 11.6. The minimum atomic E-state index is -0.535. The summed E-state index contributed by atoms with van der Waals surface area (Å²) in [6, 6.07) is 0. The number of carbonyl (C=O) groups excluding carboxylic acids is 2. The van der Waals surface area contributed by atoms with E-state index in [4.69, 9.17) is 4.74 Å². The van der Waals surface area contributed by atoms with E-state index in [1.807, 2.05) is 6.92 Å². The van der Waals surface area contributed by atoms with E-state index < -0.39 is 5.97 Å². The summed E-state index contributed by atoms with van der Waals surface area (Å²) in [7, 11) is 1.29. The number of carbonyl (C=O) groups is 2. The number of anilines is 1. The van der Waals surface area contributed by atoms with E-state index in [9.17, 15) is 9.59 Å². The van der Waals surface area contributed by atoms with Crippen molar-refractivity contribution < 1.29 is 14.3 Å². The van der Waals surface area contributed by atoms with Crippen molar-refractivity contribution in [3.05, 3.63) is 23.4 Å². The van der Waals surface area contributed by atoms with Gasteiger partial charge in [-0.2, -0.15) is 10.2 Å². The zero-order chi connectivity index (χ0) is 15.0. The fourth-order valence-corrected chi connectivity index (χ4v) is 2.52. The number of nitrogens with one attached hydrogen (secondary N) is 2. The molecule has 3 heterocycles. The average Bonchev–Trinajstić information content (AvgIpc) is 3.11. The molecule has 0 bridgehead atoms. The highest BCUT2D eigenvalue weighted by Crippen LogP contribution is 2.37. The lowest BCUT2D eigenvalue weighted by atomic mass is 9.91. The number of hydrogen-bond donors (Lipinski definition) is 2. The van der Waals surface area contributed by atoms with Gasteiger partial charge >= 0.3 is 5.97 Å². The Morgan fingerprint density at radius 2 is 2.38 bits per heavy atom. The summed E-state index contributed by atoms with van der Waals surface area (Å²) in [5, 5.41) is 13.4. The van der Waals surface area contributed by atoms with Gasteiger partial charge in [0.1, 0.15) is 17.8 Å². The van der Waals surface area contributed by atoms with Gasteiger partial charge in [-0.25, -0.2) is 14.5 Å². The third kappa shape index (κ3) is 2.06. The lowest BCUT2D eigenvalue weighted by molar-refractivity contribution is -0.116. The van der Waals surface area contributed by atoms with Crippen LogP contribution >= 0.6 is 0 Å². The van der Waals surface area contributed by atoms with Gasteiger partial charge in [0.2, 0.25) is 5.91 Å². The lowest BCUT2D eigenvalue weighted by Gasteiger charge is -2.22. The monoisotopic (exact) mass is 290 g/mol. The van der Waals surface area contributed by atoms with Crippen LogP contribution in [0.25, 0.3) is 0 Å². The first kappa shape index (κ1) is 13.3. The highest BCUT2D eigenvalue weighted by Gasteiger charge is 2.36. The number of hydrogen-bond acceptors (Lipinski definition) is 6. The minimum absolute atomic E-state index is 0.176. The van der Waals surface area contributed by atoms with Crippen molar-refractivity contribution in [1.82, 2.24) is 25.0 Å². The summed E-state index contributed by atoms with van der Waals surface area (Å²) in [5.74, 6) is -0.139. The van der Waals surface area contributed by atoms with Gasteiger partial charge in [-0.1, -0.05) is 0 Å². The molecule has 0 saturated heterocycles. The van der Waals surface area contributed by atoms with E-state index in [0.29, 0.717) is 23.8 Å². The second kappa shape index (κ2) is 5.00. The molecule has 1 aliphatic heterocycles. The van der Waals surface area contributed by atoms with E-state index in [-0.39, 0.29) is 23.9 Å². The average molecular weight is 290 g/mol. The second-order valence-corrected chi connectivity index (χ2v) is 4.59. The van der Waals surface area contributed by atoms with Crippen LogP contribution in [0.1, 0.15) is 41.1 Å². The number of aromatic amines is 1. The molecule has 2 aromatic heterocycles. The Bertz CT molecular complexity index is 704. The third-order valence-corrected chi connectivity index (χ3v) is 3.45. The van der Waals surface area contributed by atoms with Gasteiger partial charge in [-0.3, -0.25) is 9.89 Å². The molecule has 2 aromatic rings. The van der Waals surface area contributed by atoms with Crippen LogP contribution in [-0.4, -0.2) is 43.9 Å². The Morgan fingerprint density at radius 3 is 3.10 bits per heavy atom. The normalized spacial score (nSPS) is 17.2. The van der Waals surface area contributed by atoms with Crippen LogP contribution in [0.2, 0.25) is 0 Å². The second-order valence-electron chi connectivity index (χ2n) is 4.59. The molecule has 2 N–H and O–H groups in total. The highest BCUT2D eigenvalue weighted by atomic mass is 16.5. The van der Waals surface area contributed by atoms with Crippen LogP contribution in [0, 0.1) is 0 Å². The van der Waals surface area contributed by atoms with Gasteiger partial charge in [0, 0.05) is 18.5 Å². The fourth-order valence-electron chi connectivity index (χ4n) is 2.52. The smallest absolute Gasteiger partial charge is 0.356 e. The number of rotatable bonds is 3. The first-order valence-corrected chi connectivity index (χ1v) is 6.49. The van der Waals surface area contributed by atoms with Crippen LogP contribution in [0.15, 0.2) is 6.33 Å². The maximum Gasteiger partial charge on any atom is 0.356 e. The standard InChI is InChI=1S/C12H14N6O3/c1-3-18-11(13-5-14-18)6-4-7(19)15-10-8(6)9(16-17-10)12(20)21-2/h5-6H,3-4H2,1-2H3,(H2,15,16,17,19)/t6-/m1/s1. The summed E-state index contributed by atoms with van der Waals surface area (Å²) >= 11 is 0. The molecule has 0 saturated carbocycles. The molecule has 1 amide bonds. The molecule has 0 fully saturated rings. The maximum atomic E-state index is 11.8. The van der Waals surface area contributed by atoms with E-state index in [1.54, 1.807) is 4.68 Å². The molecule has 0 aromatic carbocycles. The topological polar surface area (TPSA) is 115 Å². The molecule has 9 heteroatoms. The Morgan fingerprint density at radius 1 is 1.57 bits per heavy atom. The molecule has 110 valence electrons. The third-order valence-electron chi connectivity index (χ3n) is 3.45. The zero-order valence-corrected chi connectivity index (χ0v) is 11.6. The van der Waals surface area contributed by atoms with Crippen molar-refractivity contribution >= 4 is 17.7 Å². The molecule has 0 spiro atoms. The van der Waals surface area contributed by atoms with Crippen molar-refractivity contribution in [3.63, 3.8) is 0 Å². The van der Waals surface area contributed by atoms with E-state index in [0.717, 1.165) is 0 Å². The molecule has 1 atom stereocenters. The largest absolute Gasteiger partial charge is 0.464 e. The van der Waals surface area contributed by atoms with Gasteiger partial charge in [0.05, 0.1) is 13.0 Å². The summed E-state index contributed by atoms with van der Waals surface area (Å²) in [5.41, 5.74) is 0.812. The summed E-state index contributed by atoms with van der Waals surface area (Å²) in [6.45, 7) is 2.55. The van der Waals surface area contributed by atoms with Crippen molar-refractivity contribution in [1.29, 1.82) is 0 Å². The number of esters is 1. The summed E-state index contributed by atoms with van der Waals surface area (Å²) < 4.78 is 6.44. The van der Waals surface area contributed by atoms with E-state index in [1.165, 1.54) is 13.4 Å². The summed E-state index contributed by atoms with van der Waals surface area (Å²) in [4.78, 5) is 27.9. The quantitative estimate of drug-likeness (QED) is 0.785. The van der Waals surface area contributed by atoms with Crippen molar-refractivity contribution in [3.8, 4) is 0 Å². The Balaban J connectivity index is 2.14. The van der Waals surface area contributed by atoms with Crippen molar-refractivity contribution in [2.45, 2.75) is 25.8 Å². The molecule has 1 aliphatic rings. The molecular formula is C12H14N6O3. The number of H-pyrrole nitrogens is 1. The number of aryl methyl sites for hydroxylation is 1. The number of nitrogens with zero attached hydrogens (tertiary/aromatic N) is 4. The predicted molar refractivity (Wildman–Crippen MR) is 70.7 cm³/mol. The Labute approximate surface area is 119 Å². The van der Waals surface area contributed by atoms with Crippen LogP contribution < -0.4 is 5.32 Å². The molecule has 0 unspecified atom stereocenters. The molecule has 0 radical (unpaired) electrons. The van der Waals surface area contributed by atoms with Gasteiger partial charge in [0.25, 0.3) is 0 Å². The SMILES string of the molecule is CCn1ncnc1[C@@H]1CC(=O)Nc2n[nH]c(C(=O)OC)c21. The Hall–Kier alpha value is -2.71. The Kier molecular flexibility index (Phi) is 3.16. The lowest BCUT2D eigenvalue weighted by Crippen LogP contribution is -2.26. The number of fused-ring (bicyclic) bond motifs is 1. The van der Waals surface area contributed by atoms with Crippen LogP contribution in [0.5, 0.6) is 0 Å². The molecule has 3 rings (SSSR count). The van der Waals surface area contributed by atoms with E-state index in [2.05, 4.69) is 25.6 Å². The van der Waals surface area contributed by atoms with Gasteiger partial charge in [-0.15, -0.1) is 0 Å². The number of aromatic nitrogens is 5.